The summed E-state index contributed by atoms with van der Waals surface area (Å²) in [6.07, 6.45) is 0. The SMILES string of the molecule is Cc1ccc(C(C)(C)C)cc1C(N)S. The van der Waals surface area contributed by atoms with Crippen LogP contribution >= 0.6 is 12.6 Å². The molecule has 0 saturated carbocycles. The molecule has 1 aromatic rings. The van der Waals surface area contributed by atoms with E-state index in [0.29, 0.717) is 0 Å². The van der Waals surface area contributed by atoms with Gasteiger partial charge in [-0.25, -0.2) is 0 Å². The molecule has 2 heteroatoms. The summed E-state index contributed by atoms with van der Waals surface area (Å²) in [5.41, 5.74) is 9.61. The molecule has 0 aliphatic heterocycles. The molecule has 0 heterocycles. The smallest absolute Gasteiger partial charge is 0.0737 e. The molecule has 0 radical (unpaired) electrons. The molecule has 2 N–H and O–H groups in total. The van der Waals surface area contributed by atoms with Crippen LogP contribution in [0.25, 0.3) is 0 Å². The molecule has 78 valence electrons. The van der Waals surface area contributed by atoms with E-state index >= 15 is 0 Å². The third kappa shape index (κ3) is 2.52. The maximum absolute atomic E-state index is 5.79. The molecule has 0 amide bonds. The summed E-state index contributed by atoms with van der Waals surface area (Å²) >= 11 is 4.28. The lowest BCUT2D eigenvalue weighted by Crippen LogP contribution is -2.13. The molecule has 0 saturated heterocycles. The maximum atomic E-state index is 5.79. The van der Waals surface area contributed by atoms with Gasteiger partial charge in [-0.05, 0) is 29.0 Å². The lowest BCUT2D eigenvalue weighted by atomic mass is 9.85. The number of thiol groups is 1. The minimum atomic E-state index is -0.183. The molecule has 1 rings (SSSR count). The van der Waals surface area contributed by atoms with Crippen molar-refractivity contribution in [2.45, 2.75) is 38.5 Å². The Morgan fingerprint density at radius 2 is 1.86 bits per heavy atom. The van der Waals surface area contributed by atoms with Gasteiger partial charge in [0.05, 0.1) is 5.37 Å². The highest BCUT2D eigenvalue weighted by molar-refractivity contribution is 7.80. The zero-order chi connectivity index (χ0) is 10.9. The summed E-state index contributed by atoms with van der Waals surface area (Å²) < 4.78 is 0. The molecule has 1 atom stereocenters. The van der Waals surface area contributed by atoms with E-state index in [1.165, 1.54) is 11.1 Å². The third-order valence-corrected chi connectivity index (χ3v) is 2.74. The molecule has 0 aliphatic rings. The van der Waals surface area contributed by atoms with E-state index in [1.54, 1.807) is 0 Å². The van der Waals surface area contributed by atoms with Gasteiger partial charge in [0, 0.05) is 0 Å². The van der Waals surface area contributed by atoms with Crippen molar-refractivity contribution < 1.29 is 0 Å². The van der Waals surface area contributed by atoms with Crippen molar-refractivity contribution in [1.82, 2.24) is 0 Å². The molecule has 0 aliphatic carbocycles. The molecule has 1 aromatic carbocycles. The van der Waals surface area contributed by atoms with Gasteiger partial charge in [-0.3, -0.25) is 0 Å². The van der Waals surface area contributed by atoms with Crippen molar-refractivity contribution in [3.05, 3.63) is 34.9 Å². The van der Waals surface area contributed by atoms with Crippen LogP contribution in [0.3, 0.4) is 0 Å². The Morgan fingerprint density at radius 3 is 2.29 bits per heavy atom. The molecule has 0 fully saturated rings. The maximum Gasteiger partial charge on any atom is 0.0737 e. The van der Waals surface area contributed by atoms with Crippen LogP contribution in [0.2, 0.25) is 0 Å². The van der Waals surface area contributed by atoms with E-state index in [2.05, 4.69) is 58.5 Å². The largest absolute Gasteiger partial charge is 0.316 e. The standard InChI is InChI=1S/C12H19NS/c1-8-5-6-9(12(2,3)4)7-10(8)11(13)14/h5-7,11,14H,13H2,1-4H3. The highest BCUT2D eigenvalue weighted by atomic mass is 32.1. The second kappa shape index (κ2) is 3.95. The van der Waals surface area contributed by atoms with Gasteiger partial charge >= 0.3 is 0 Å². The predicted molar refractivity (Wildman–Crippen MR) is 65.8 cm³/mol. The second-order valence-electron chi connectivity index (χ2n) is 4.77. The van der Waals surface area contributed by atoms with Gasteiger partial charge in [-0.1, -0.05) is 39.0 Å². The molecular weight excluding hydrogens is 190 g/mol. The minimum absolute atomic E-state index is 0.172. The summed E-state index contributed by atoms with van der Waals surface area (Å²) in [6.45, 7) is 8.67. The lowest BCUT2D eigenvalue weighted by molar-refractivity contribution is 0.589. The Bertz CT molecular complexity index is 324. The van der Waals surface area contributed by atoms with E-state index in [1.807, 2.05) is 0 Å². The first-order valence-corrected chi connectivity index (χ1v) is 5.38. The first-order valence-electron chi connectivity index (χ1n) is 4.87. The van der Waals surface area contributed by atoms with Gasteiger partial charge < -0.3 is 5.73 Å². The predicted octanol–water partition coefficient (Wildman–Crippen LogP) is 3.18. The highest BCUT2D eigenvalue weighted by Gasteiger charge is 2.15. The summed E-state index contributed by atoms with van der Waals surface area (Å²) in [6, 6.07) is 6.44. The van der Waals surface area contributed by atoms with E-state index in [0.717, 1.165) is 5.56 Å². The third-order valence-electron chi connectivity index (χ3n) is 2.46. The average molecular weight is 209 g/mol. The van der Waals surface area contributed by atoms with E-state index in [9.17, 15) is 0 Å². The summed E-state index contributed by atoms with van der Waals surface area (Å²) in [5, 5.41) is -0.183. The molecule has 14 heavy (non-hydrogen) atoms. The van der Waals surface area contributed by atoms with Crippen LogP contribution < -0.4 is 5.73 Å². The number of hydrogen-bond acceptors (Lipinski definition) is 2. The highest BCUT2D eigenvalue weighted by Crippen LogP contribution is 2.27. The monoisotopic (exact) mass is 209 g/mol. The fourth-order valence-electron chi connectivity index (χ4n) is 1.43. The van der Waals surface area contributed by atoms with Crippen molar-refractivity contribution in [1.29, 1.82) is 0 Å². The van der Waals surface area contributed by atoms with Crippen LogP contribution in [-0.2, 0) is 5.41 Å². The summed E-state index contributed by atoms with van der Waals surface area (Å²) in [7, 11) is 0. The number of rotatable bonds is 1. The van der Waals surface area contributed by atoms with Crippen molar-refractivity contribution in [2.24, 2.45) is 5.73 Å². The van der Waals surface area contributed by atoms with Crippen molar-refractivity contribution >= 4 is 12.6 Å². The quantitative estimate of drug-likeness (QED) is 0.539. The Kier molecular flexibility index (Phi) is 3.28. The van der Waals surface area contributed by atoms with E-state index in [4.69, 9.17) is 5.73 Å². The first kappa shape index (κ1) is 11.6. The fraction of sp³-hybridized carbons (Fsp3) is 0.500. The van der Waals surface area contributed by atoms with Gasteiger partial charge in [-0.2, -0.15) is 12.6 Å². The normalized spacial score (nSPS) is 14.1. The summed E-state index contributed by atoms with van der Waals surface area (Å²) in [5.74, 6) is 0. The average Bonchev–Trinajstić information content (AvgIpc) is 2.02. The van der Waals surface area contributed by atoms with E-state index < -0.39 is 0 Å². The zero-order valence-electron chi connectivity index (χ0n) is 9.33. The lowest BCUT2D eigenvalue weighted by Gasteiger charge is -2.21. The Morgan fingerprint density at radius 1 is 1.29 bits per heavy atom. The Balaban J connectivity index is 3.20. The van der Waals surface area contributed by atoms with Crippen molar-refractivity contribution in [3.8, 4) is 0 Å². The summed E-state index contributed by atoms with van der Waals surface area (Å²) in [4.78, 5) is 0. The Labute approximate surface area is 92.1 Å². The van der Waals surface area contributed by atoms with Crippen molar-refractivity contribution in [2.75, 3.05) is 0 Å². The van der Waals surface area contributed by atoms with Crippen molar-refractivity contribution in [3.63, 3.8) is 0 Å². The molecule has 0 spiro atoms. The molecule has 0 aromatic heterocycles. The molecular formula is C12H19NS. The van der Waals surface area contributed by atoms with Crippen LogP contribution in [0.1, 0.15) is 42.8 Å². The molecule has 0 bridgehead atoms. The number of aryl methyl sites for hydroxylation is 1. The zero-order valence-corrected chi connectivity index (χ0v) is 10.2. The Hall–Kier alpha value is -0.470. The fourth-order valence-corrected chi connectivity index (χ4v) is 1.70. The minimum Gasteiger partial charge on any atom is -0.316 e. The second-order valence-corrected chi connectivity index (χ2v) is 5.32. The van der Waals surface area contributed by atoms with Gasteiger partial charge in [0.15, 0.2) is 0 Å². The molecule has 1 unspecified atom stereocenters. The van der Waals surface area contributed by atoms with Gasteiger partial charge in [-0.15, -0.1) is 0 Å². The van der Waals surface area contributed by atoms with Crippen LogP contribution in [0.5, 0.6) is 0 Å². The number of nitrogens with two attached hydrogens (primary N) is 1. The topological polar surface area (TPSA) is 26.0 Å². The van der Waals surface area contributed by atoms with Crippen LogP contribution in [0.4, 0.5) is 0 Å². The van der Waals surface area contributed by atoms with E-state index in [-0.39, 0.29) is 10.8 Å². The van der Waals surface area contributed by atoms with Crippen LogP contribution in [-0.4, -0.2) is 0 Å². The number of hydrogen-bond donors (Lipinski definition) is 2. The number of benzene rings is 1. The van der Waals surface area contributed by atoms with Crippen LogP contribution in [0.15, 0.2) is 18.2 Å². The van der Waals surface area contributed by atoms with Crippen LogP contribution in [0, 0.1) is 6.92 Å². The first-order chi connectivity index (χ1) is 6.32. The molecule has 1 nitrogen and oxygen atoms in total. The van der Waals surface area contributed by atoms with Gasteiger partial charge in [0.2, 0.25) is 0 Å². The van der Waals surface area contributed by atoms with Gasteiger partial charge in [0.25, 0.3) is 0 Å². The van der Waals surface area contributed by atoms with Gasteiger partial charge in [0.1, 0.15) is 0 Å².